The standard InChI is InChI=1S/C49H32/c1-3-16-37(17-4-1)49(38-18-5-2-6-19-38)47-25-12-11-24-44(47)45-29-27-36(32-48(45)49)34-15-13-14-33(30-34)35-26-28-43-41-22-8-7-20-39(41)40-21-9-10-23-42(40)46(43)31-35/h1-32H. The van der Waals surface area contributed by atoms with Gasteiger partial charge < -0.3 is 0 Å². The van der Waals surface area contributed by atoms with Crippen molar-refractivity contribution in [3.63, 3.8) is 0 Å². The maximum atomic E-state index is 2.45. The number of hydrogen-bond donors (Lipinski definition) is 0. The molecule has 0 aliphatic heterocycles. The van der Waals surface area contributed by atoms with E-state index in [-0.39, 0.29) is 0 Å². The average molecular weight is 621 g/mol. The van der Waals surface area contributed by atoms with Crippen LogP contribution in [-0.4, -0.2) is 0 Å². The largest absolute Gasteiger partial charge is 0.0713 e. The Morgan fingerprint density at radius 3 is 1.33 bits per heavy atom. The predicted octanol–water partition coefficient (Wildman–Crippen LogP) is 12.8. The Morgan fingerprint density at radius 1 is 0.245 bits per heavy atom. The van der Waals surface area contributed by atoms with Crippen molar-refractivity contribution in [2.75, 3.05) is 0 Å². The van der Waals surface area contributed by atoms with Crippen molar-refractivity contribution in [1.29, 1.82) is 0 Å². The first-order valence-corrected chi connectivity index (χ1v) is 17.1. The van der Waals surface area contributed by atoms with E-state index in [1.54, 1.807) is 0 Å². The highest BCUT2D eigenvalue weighted by Crippen LogP contribution is 2.56. The summed E-state index contributed by atoms with van der Waals surface area (Å²) in [5.74, 6) is 0. The first-order valence-electron chi connectivity index (χ1n) is 17.1. The van der Waals surface area contributed by atoms with Crippen LogP contribution in [-0.2, 0) is 5.41 Å². The van der Waals surface area contributed by atoms with Gasteiger partial charge in [-0.3, -0.25) is 0 Å². The summed E-state index contributed by atoms with van der Waals surface area (Å²) in [5.41, 5.74) is 12.3. The van der Waals surface area contributed by atoms with Gasteiger partial charge in [-0.15, -0.1) is 0 Å². The van der Waals surface area contributed by atoms with Gasteiger partial charge in [-0.25, -0.2) is 0 Å². The lowest BCUT2D eigenvalue weighted by molar-refractivity contribution is 0.769. The number of hydrogen-bond acceptors (Lipinski definition) is 0. The minimum atomic E-state index is -0.412. The lowest BCUT2D eigenvalue weighted by Crippen LogP contribution is -2.28. The summed E-state index contributed by atoms with van der Waals surface area (Å²) in [4.78, 5) is 0. The van der Waals surface area contributed by atoms with E-state index < -0.39 is 5.41 Å². The Kier molecular flexibility index (Phi) is 6.19. The van der Waals surface area contributed by atoms with Crippen molar-refractivity contribution in [3.8, 4) is 33.4 Å². The molecule has 0 atom stereocenters. The fraction of sp³-hybridized carbons (Fsp3) is 0.0204. The zero-order chi connectivity index (χ0) is 32.4. The summed E-state index contributed by atoms with van der Waals surface area (Å²) in [5, 5.41) is 7.80. The lowest BCUT2D eigenvalue weighted by atomic mass is 9.67. The highest BCUT2D eigenvalue weighted by molar-refractivity contribution is 6.25. The van der Waals surface area contributed by atoms with Gasteiger partial charge in [0.1, 0.15) is 0 Å². The van der Waals surface area contributed by atoms with Crippen LogP contribution in [0.2, 0.25) is 0 Å². The maximum Gasteiger partial charge on any atom is 0.0713 e. The molecule has 0 nitrogen and oxygen atoms in total. The van der Waals surface area contributed by atoms with E-state index in [0.29, 0.717) is 0 Å². The monoisotopic (exact) mass is 620 g/mol. The van der Waals surface area contributed by atoms with Crippen LogP contribution in [0, 0.1) is 0 Å². The lowest BCUT2D eigenvalue weighted by Gasteiger charge is -2.34. The quantitative estimate of drug-likeness (QED) is 0.172. The summed E-state index contributed by atoms with van der Waals surface area (Å²) >= 11 is 0. The van der Waals surface area contributed by atoms with Crippen molar-refractivity contribution in [2.45, 2.75) is 5.41 Å². The molecule has 0 heterocycles. The van der Waals surface area contributed by atoms with E-state index in [2.05, 4.69) is 194 Å². The van der Waals surface area contributed by atoms with Crippen LogP contribution in [0.1, 0.15) is 22.3 Å². The molecular weight excluding hydrogens is 589 g/mol. The molecule has 228 valence electrons. The number of fused-ring (bicyclic) bond motifs is 9. The average Bonchev–Trinajstić information content (AvgIpc) is 3.49. The van der Waals surface area contributed by atoms with Crippen molar-refractivity contribution in [2.24, 2.45) is 0 Å². The molecule has 10 rings (SSSR count). The van der Waals surface area contributed by atoms with E-state index in [9.17, 15) is 0 Å². The molecule has 1 aliphatic carbocycles. The molecule has 1 aliphatic rings. The van der Waals surface area contributed by atoms with Crippen molar-refractivity contribution < 1.29 is 0 Å². The Balaban J connectivity index is 1.16. The fourth-order valence-electron chi connectivity index (χ4n) is 8.59. The highest BCUT2D eigenvalue weighted by atomic mass is 14.5. The summed E-state index contributed by atoms with van der Waals surface area (Å²) in [7, 11) is 0. The molecule has 9 aromatic carbocycles. The SMILES string of the molecule is c1ccc(C2(c3ccccc3)c3ccccc3-c3ccc(-c4cccc(-c5ccc6c7ccccc7c7ccccc7c6c5)c4)cc32)cc1. The van der Waals surface area contributed by atoms with E-state index >= 15 is 0 Å². The Bertz CT molecular complexity index is 2630. The number of benzene rings is 9. The second kappa shape index (κ2) is 10.9. The molecular formula is C49H32. The summed E-state index contributed by atoms with van der Waals surface area (Å²) in [6.45, 7) is 0. The second-order valence-corrected chi connectivity index (χ2v) is 13.2. The number of rotatable bonds is 4. The van der Waals surface area contributed by atoms with Gasteiger partial charge >= 0.3 is 0 Å². The Morgan fingerprint density at radius 2 is 0.694 bits per heavy atom. The molecule has 0 saturated heterocycles. The van der Waals surface area contributed by atoms with Gasteiger partial charge in [-0.1, -0.05) is 176 Å². The van der Waals surface area contributed by atoms with E-state index in [1.807, 2.05) is 0 Å². The van der Waals surface area contributed by atoms with E-state index in [0.717, 1.165) is 0 Å². The molecule has 0 bridgehead atoms. The third kappa shape index (κ3) is 4.11. The van der Waals surface area contributed by atoms with E-state index in [1.165, 1.54) is 88.0 Å². The molecule has 0 unspecified atom stereocenters. The molecule has 0 aromatic heterocycles. The molecule has 9 aromatic rings. The molecule has 0 heteroatoms. The third-order valence-corrected chi connectivity index (χ3v) is 10.7. The predicted molar refractivity (Wildman–Crippen MR) is 207 cm³/mol. The van der Waals surface area contributed by atoms with Gasteiger partial charge in [0.15, 0.2) is 0 Å². The van der Waals surface area contributed by atoms with Gasteiger partial charge in [-0.2, -0.15) is 0 Å². The van der Waals surface area contributed by atoms with Gasteiger partial charge in [0.25, 0.3) is 0 Å². The van der Waals surface area contributed by atoms with Crippen molar-refractivity contribution in [1.82, 2.24) is 0 Å². The van der Waals surface area contributed by atoms with Gasteiger partial charge in [-0.05, 0) is 106 Å². The van der Waals surface area contributed by atoms with E-state index in [4.69, 9.17) is 0 Å². The van der Waals surface area contributed by atoms with Crippen LogP contribution in [0.5, 0.6) is 0 Å². The molecule has 0 radical (unpaired) electrons. The molecule has 0 spiro atoms. The Hall–Kier alpha value is -6.24. The highest BCUT2D eigenvalue weighted by Gasteiger charge is 2.46. The van der Waals surface area contributed by atoms with Crippen LogP contribution >= 0.6 is 0 Å². The molecule has 0 amide bonds. The smallest absolute Gasteiger partial charge is 0.0622 e. The van der Waals surface area contributed by atoms with Crippen LogP contribution in [0.3, 0.4) is 0 Å². The summed E-state index contributed by atoms with van der Waals surface area (Å²) in [6.07, 6.45) is 0. The molecule has 49 heavy (non-hydrogen) atoms. The van der Waals surface area contributed by atoms with Crippen LogP contribution < -0.4 is 0 Å². The van der Waals surface area contributed by atoms with Crippen molar-refractivity contribution in [3.05, 3.63) is 216 Å². The normalized spacial score (nSPS) is 13.1. The summed E-state index contributed by atoms with van der Waals surface area (Å²) in [6, 6.07) is 71.8. The third-order valence-electron chi connectivity index (χ3n) is 10.7. The topological polar surface area (TPSA) is 0 Å². The minimum absolute atomic E-state index is 0.412. The van der Waals surface area contributed by atoms with Crippen LogP contribution in [0.15, 0.2) is 194 Å². The van der Waals surface area contributed by atoms with Gasteiger partial charge in [0.05, 0.1) is 5.41 Å². The van der Waals surface area contributed by atoms with Gasteiger partial charge in [0, 0.05) is 0 Å². The first-order chi connectivity index (χ1) is 24.3. The van der Waals surface area contributed by atoms with Crippen LogP contribution in [0.4, 0.5) is 0 Å². The Labute approximate surface area is 286 Å². The molecule has 0 saturated carbocycles. The zero-order valence-electron chi connectivity index (χ0n) is 27.0. The zero-order valence-corrected chi connectivity index (χ0v) is 27.0. The minimum Gasteiger partial charge on any atom is -0.0622 e. The van der Waals surface area contributed by atoms with Crippen molar-refractivity contribution >= 4 is 32.3 Å². The fourth-order valence-corrected chi connectivity index (χ4v) is 8.59. The first kappa shape index (κ1) is 27.8. The second-order valence-electron chi connectivity index (χ2n) is 13.2. The van der Waals surface area contributed by atoms with Gasteiger partial charge in [0.2, 0.25) is 0 Å². The maximum absolute atomic E-state index is 2.45. The molecule has 0 fully saturated rings. The summed E-state index contributed by atoms with van der Waals surface area (Å²) < 4.78 is 0. The molecule has 0 N–H and O–H groups in total. The van der Waals surface area contributed by atoms with Crippen LogP contribution in [0.25, 0.3) is 65.7 Å².